The molecular weight excluding hydrogens is 436 g/mol. The first-order chi connectivity index (χ1) is 16.0. The largest absolute Gasteiger partial charge is 0.325 e. The zero-order chi connectivity index (χ0) is 22.9. The van der Waals surface area contributed by atoms with Crippen LogP contribution in [0.4, 0.5) is 5.69 Å². The third kappa shape index (κ3) is 3.87. The second-order valence-electron chi connectivity index (χ2n) is 7.67. The Labute approximate surface area is 194 Å². The highest BCUT2D eigenvalue weighted by atomic mass is 32.2. The van der Waals surface area contributed by atoms with Crippen LogP contribution in [0.25, 0.3) is 5.70 Å². The molecule has 0 bridgehead atoms. The Kier molecular flexibility index (Phi) is 5.40. The molecule has 7 heteroatoms. The lowest BCUT2D eigenvalue weighted by Crippen LogP contribution is -2.39. The second kappa shape index (κ2) is 8.52. The molecule has 1 aliphatic carbocycles. The van der Waals surface area contributed by atoms with Crippen molar-refractivity contribution in [3.05, 3.63) is 106 Å². The minimum Gasteiger partial charge on any atom is -0.325 e. The minimum absolute atomic E-state index is 0.153. The SMILES string of the molecule is O=C(CN1C(=O)CSC=C1c1ccccc1)Nc1ccc2c(c1)C(=O)c1ccccc1C2=O. The molecule has 0 aromatic heterocycles. The fraction of sp³-hybridized carbons (Fsp3) is 0.0769. The van der Waals surface area contributed by atoms with E-state index in [9.17, 15) is 19.2 Å². The van der Waals surface area contributed by atoms with Crippen LogP contribution in [-0.4, -0.2) is 40.6 Å². The maximum Gasteiger partial charge on any atom is 0.244 e. The number of rotatable bonds is 4. The summed E-state index contributed by atoms with van der Waals surface area (Å²) in [6, 6.07) is 20.8. The molecule has 5 rings (SSSR count). The topological polar surface area (TPSA) is 83.6 Å². The van der Waals surface area contributed by atoms with Gasteiger partial charge in [0, 0.05) is 27.9 Å². The molecule has 0 fully saturated rings. The lowest BCUT2D eigenvalue weighted by molar-refractivity contribution is -0.129. The van der Waals surface area contributed by atoms with E-state index in [1.165, 1.54) is 22.7 Å². The van der Waals surface area contributed by atoms with Gasteiger partial charge in [0.25, 0.3) is 0 Å². The number of carbonyl (C=O) groups is 4. The van der Waals surface area contributed by atoms with Crippen LogP contribution in [0.5, 0.6) is 0 Å². The van der Waals surface area contributed by atoms with Crippen LogP contribution >= 0.6 is 11.8 Å². The molecule has 6 nitrogen and oxygen atoms in total. The van der Waals surface area contributed by atoms with Gasteiger partial charge in [-0.25, -0.2) is 0 Å². The predicted octanol–water partition coefficient (Wildman–Crippen LogP) is 3.97. The summed E-state index contributed by atoms with van der Waals surface area (Å²) in [6.07, 6.45) is 0. The number of amides is 2. The molecule has 162 valence electrons. The number of anilines is 1. The van der Waals surface area contributed by atoms with Crippen molar-refractivity contribution >= 4 is 46.5 Å². The van der Waals surface area contributed by atoms with Crippen LogP contribution in [0.3, 0.4) is 0 Å². The maximum absolute atomic E-state index is 12.9. The highest BCUT2D eigenvalue weighted by molar-refractivity contribution is 8.03. The molecule has 0 spiro atoms. The molecule has 1 N–H and O–H groups in total. The molecular formula is C26H18N2O4S. The molecule has 0 saturated heterocycles. The van der Waals surface area contributed by atoms with Gasteiger partial charge in [0.15, 0.2) is 11.6 Å². The molecule has 3 aromatic carbocycles. The molecule has 3 aromatic rings. The first kappa shape index (κ1) is 20.9. The number of ketones is 2. The van der Waals surface area contributed by atoms with E-state index >= 15 is 0 Å². The van der Waals surface area contributed by atoms with Gasteiger partial charge in [-0.2, -0.15) is 0 Å². The number of hydrogen-bond acceptors (Lipinski definition) is 5. The van der Waals surface area contributed by atoms with E-state index in [2.05, 4.69) is 5.32 Å². The Morgan fingerprint density at radius 1 is 0.818 bits per heavy atom. The molecule has 1 heterocycles. The summed E-state index contributed by atoms with van der Waals surface area (Å²) >= 11 is 1.40. The molecule has 2 amide bonds. The van der Waals surface area contributed by atoms with Crippen molar-refractivity contribution in [3.8, 4) is 0 Å². The first-order valence-corrected chi connectivity index (χ1v) is 11.4. The van der Waals surface area contributed by atoms with Gasteiger partial charge in [0.2, 0.25) is 11.8 Å². The molecule has 0 radical (unpaired) electrons. The molecule has 0 saturated carbocycles. The lowest BCUT2D eigenvalue weighted by atomic mass is 9.84. The van der Waals surface area contributed by atoms with Crippen molar-refractivity contribution in [3.63, 3.8) is 0 Å². The zero-order valence-electron chi connectivity index (χ0n) is 17.4. The minimum atomic E-state index is -0.396. The number of nitrogens with one attached hydrogen (secondary N) is 1. The van der Waals surface area contributed by atoms with Crippen molar-refractivity contribution in [2.24, 2.45) is 0 Å². The Balaban J connectivity index is 1.37. The van der Waals surface area contributed by atoms with Crippen LogP contribution in [0.1, 0.15) is 37.4 Å². The van der Waals surface area contributed by atoms with Gasteiger partial charge in [-0.15, -0.1) is 11.8 Å². The van der Waals surface area contributed by atoms with Crippen molar-refractivity contribution < 1.29 is 19.2 Å². The second-order valence-corrected chi connectivity index (χ2v) is 8.53. The number of thioether (sulfide) groups is 1. The average molecular weight is 455 g/mol. The molecule has 0 atom stereocenters. The van der Waals surface area contributed by atoms with Gasteiger partial charge >= 0.3 is 0 Å². The van der Waals surface area contributed by atoms with Crippen LogP contribution < -0.4 is 5.32 Å². The van der Waals surface area contributed by atoms with Crippen LogP contribution in [0.2, 0.25) is 0 Å². The Morgan fingerprint density at radius 2 is 1.45 bits per heavy atom. The van der Waals surface area contributed by atoms with E-state index < -0.39 is 5.91 Å². The highest BCUT2D eigenvalue weighted by Crippen LogP contribution is 2.30. The number of benzene rings is 3. The van der Waals surface area contributed by atoms with Crippen LogP contribution in [-0.2, 0) is 9.59 Å². The smallest absolute Gasteiger partial charge is 0.244 e. The molecule has 33 heavy (non-hydrogen) atoms. The molecule has 1 aliphatic heterocycles. The molecule has 0 unspecified atom stereocenters. The monoisotopic (exact) mass is 454 g/mol. The molecule has 2 aliphatic rings. The fourth-order valence-corrected chi connectivity index (χ4v) is 4.80. The standard InChI is InChI=1S/C26H18N2O4S/c29-23(13-28-22(14-33-15-24(28)30)16-6-2-1-3-7-16)27-17-10-11-20-21(12-17)26(32)19-9-5-4-8-18(19)25(20)31/h1-12,14H,13,15H2,(H,27,29). The average Bonchev–Trinajstić information content (AvgIpc) is 2.84. The quantitative estimate of drug-likeness (QED) is 0.504. The van der Waals surface area contributed by atoms with Gasteiger partial charge in [0.1, 0.15) is 6.54 Å². The Bertz CT molecular complexity index is 1350. The van der Waals surface area contributed by atoms with E-state index in [1.54, 1.807) is 36.4 Å². The van der Waals surface area contributed by atoms with Crippen molar-refractivity contribution in [2.45, 2.75) is 0 Å². The Morgan fingerprint density at radius 3 is 2.18 bits per heavy atom. The summed E-state index contributed by atoms with van der Waals surface area (Å²) < 4.78 is 0. The van der Waals surface area contributed by atoms with E-state index in [1.807, 2.05) is 35.7 Å². The van der Waals surface area contributed by atoms with Crippen LogP contribution in [0, 0.1) is 0 Å². The number of nitrogens with zero attached hydrogens (tertiary/aromatic N) is 1. The van der Waals surface area contributed by atoms with E-state index in [0.29, 0.717) is 28.1 Å². The summed E-state index contributed by atoms with van der Waals surface area (Å²) in [5.74, 6) is -0.759. The van der Waals surface area contributed by atoms with Gasteiger partial charge in [0.05, 0.1) is 11.4 Å². The van der Waals surface area contributed by atoms with Gasteiger partial charge in [-0.1, -0.05) is 54.6 Å². The van der Waals surface area contributed by atoms with Gasteiger partial charge < -0.3 is 10.2 Å². The summed E-state index contributed by atoms with van der Waals surface area (Å²) in [4.78, 5) is 52.5. The van der Waals surface area contributed by atoms with E-state index in [0.717, 1.165) is 5.56 Å². The number of carbonyl (C=O) groups excluding carboxylic acids is 4. The zero-order valence-corrected chi connectivity index (χ0v) is 18.2. The lowest BCUT2D eigenvalue weighted by Gasteiger charge is -2.28. The van der Waals surface area contributed by atoms with Crippen molar-refractivity contribution in [2.75, 3.05) is 17.6 Å². The van der Waals surface area contributed by atoms with Crippen LogP contribution in [0.15, 0.2) is 78.2 Å². The number of hydrogen-bond donors (Lipinski definition) is 1. The third-order valence-corrected chi connectivity index (χ3v) is 6.38. The Hall–Kier alpha value is -3.97. The highest BCUT2D eigenvalue weighted by Gasteiger charge is 2.30. The van der Waals surface area contributed by atoms with E-state index in [4.69, 9.17) is 0 Å². The van der Waals surface area contributed by atoms with E-state index in [-0.39, 0.29) is 35.3 Å². The third-order valence-electron chi connectivity index (χ3n) is 5.57. The summed E-state index contributed by atoms with van der Waals surface area (Å²) in [5.41, 5.74) is 3.22. The summed E-state index contributed by atoms with van der Waals surface area (Å²) in [7, 11) is 0. The van der Waals surface area contributed by atoms with Crippen molar-refractivity contribution in [1.82, 2.24) is 4.90 Å². The predicted molar refractivity (Wildman–Crippen MR) is 127 cm³/mol. The number of fused-ring (bicyclic) bond motifs is 2. The maximum atomic E-state index is 12.9. The normalized spacial score (nSPS) is 15.0. The van der Waals surface area contributed by atoms with Gasteiger partial charge in [-0.05, 0) is 29.2 Å². The van der Waals surface area contributed by atoms with Gasteiger partial charge in [-0.3, -0.25) is 19.2 Å². The fourth-order valence-electron chi connectivity index (χ4n) is 4.00. The summed E-state index contributed by atoms with van der Waals surface area (Å²) in [5, 5.41) is 4.64. The summed E-state index contributed by atoms with van der Waals surface area (Å²) in [6.45, 7) is -0.160. The first-order valence-electron chi connectivity index (χ1n) is 10.3. The van der Waals surface area contributed by atoms with Crippen molar-refractivity contribution in [1.29, 1.82) is 0 Å².